The summed E-state index contributed by atoms with van der Waals surface area (Å²) < 4.78 is 0. The number of nitrogens with zero attached hydrogens (tertiary/aromatic N) is 1. The zero-order valence-corrected chi connectivity index (χ0v) is 11.0. The average molecular weight is 246 g/mol. The number of phenols is 1. The van der Waals surface area contributed by atoms with Gasteiger partial charge in [0.2, 0.25) is 0 Å². The zero-order valence-electron chi connectivity index (χ0n) is 11.0. The standard InChI is InChI=1S/C15H22N2O/c1-11(12-4-2-5-13(18)10-12)16-14-7-9-17-8-3-6-15(14)17/h2,4-5,10-11,14-16,18H,3,6-9H2,1H3. The molecule has 3 atom stereocenters. The normalized spacial score (nSPS) is 29.4. The molecule has 2 aliphatic rings. The SMILES string of the molecule is CC(NC1CCN2CCCC12)c1cccc(O)c1. The van der Waals surface area contributed by atoms with Crippen LogP contribution in [0.25, 0.3) is 0 Å². The molecule has 3 rings (SSSR count). The molecule has 2 heterocycles. The first kappa shape index (κ1) is 12.0. The van der Waals surface area contributed by atoms with E-state index in [9.17, 15) is 5.11 Å². The molecule has 1 aromatic rings. The van der Waals surface area contributed by atoms with Crippen LogP contribution in [0, 0.1) is 0 Å². The maximum Gasteiger partial charge on any atom is 0.115 e. The van der Waals surface area contributed by atoms with Gasteiger partial charge in [-0.3, -0.25) is 4.90 Å². The van der Waals surface area contributed by atoms with E-state index >= 15 is 0 Å². The number of aromatic hydroxyl groups is 1. The average Bonchev–Trinajstić information content (AvgIpc) is 2.94. The van der Waals surface area contributed by atoms with Crippen molar-refractivity contribution in [2.45, 2.75) is 44.3 Å². The van der Waals surface area contributed by atoms with Gasteiger partial charge in [0.25, 0.3) is 0 Å². The Labute approximate surface area is 109 Å². The quantitative estimate of drug-likeness (QED) is 0.859. The first-order chi connectivity index (χ1) is 8.74. The van der Waals surface area contributed by atoms with Gasteiger partial charge in [0.05, 0.1) is 0 Å². The van der Waals surface area contributed by atoms with Crippen molar-refractivity contribution in [3.8, 4) is 5.75 Å². The highest BCUT2D eigenvalue weighted by Gasteiger charge is 2.37. The van der Waals surface area contributed by atoms with Crippen LogP contribution >= 0.6 is 0 Å². The molecule has 3 heteroatoms. The van der Waals surface area contributed by atoms with E-state index < -0.39 is 0 Å². The fourth-order valence-corrected chi connectivity index (χ4v) is 3.49. The van der Waals surface area contributed by atoms with Gasteiger partial charge in [0.15, 0.2) is 0 Å². The van der Waals surface area contributed by atoms with E-state index in [0.29, 0.717) is 17.8 Å². The molecule has 3 unspecified atom stereocenters. The topological polar surface area (TPSA) is 35.5 Å². The van der Waals surface area contributed by atoms with Gasteiger partial charge in [0.1, 0.15) is 5.75 Å². The minimum atomic E-state index is 0.308. The molecule has 1 aromatic carbocycles. The molecular weight excluding hydrogens is 224 g/mol. The number of hydrogen-bond donors (Lipinski definition) is 2. The van der Waals surface area contributed by atoms with Gasteiger partial charge in [-0.1, -0.05) is 12.1 Å². The van der Waals surface area contributed by atoms with E-state index in [1.165, 1.54) is 37.9 Å². The third-order valence-electron chi connectivity index (χ3n) is 4.44. The largest absolute Gasteiger partial charge is 0.508 e. The first-order valence-corrected chi connectivity index (χ1v) is 7.03. The van der Waals surface area contributed by atoms with Gasteiger partial charge in [-0.15, -0.1) is 0 Å². The molecule has 2 aliphatic heterocycles. The molecule has 0 aliphatic carbocycles. The summed E-state index contributed by atoms with van der Waals surface area (Å²) in [5, 5.41) is 13.3. The monoisotopic (exact) mass is 246 g/mol. The van der Waals surface area contributed by atoms with Crippen LogP contribution in [0.4, 0.5) is 0 Å². The van der Waals surface area contributed by atoms with Crippen LogP contribution in [0.3, 0.4) is 0 Å². The Balaban J connectivity index is 1.66. The van der Waals surface area contributed by atoms with Crippen molar-refractivity contribution in [3.05, 3.63) is 29.8 Å². The smallest absolute Gasteiger partial charge is 0.115 e. The fraction of sp³-hybridized carbons (Fsp3) is 0.600. The van der Waals surface area contributed by atoms with Crippen molar-refractivity contribution >= 4 is 0 Å². The van der Waals surface area contributed by atoms with E-state index in [1.807, 2.05) is 12.1 Å². The highest BCUT2D eigenvalue weighted by atomic mass is 16.3. The number of nitrogens with one attached hydrogen (secondary N) is 1. The molecule has 2 fully saturated rings. The van der Waals surface area contributed by atoms with Gasteiger partial charge in [-0.05, 0) is 50.4 Å². The van der Waals surface area contributed by atoms with Gasteiger partial charge in [0, 0.05) is 24.7 Å². The molecule has 0 bridgehead atoms. The second-order valence-corrected chi connectivity index (χ2v) is 5.62. The first-order valence-electron chi connectivity index (χ1n) is 7.03. The molecule has 98 valence electrons. The molecular formula is C15H22N2O. The van der Waals surface area contributed by atoms with Crippen molar-refractivity contribution in [2.24, 2.45) is 0 Å². The number of fused-ring (bicyclic) bond motifs is 1. The van der Waals surface area contributed by atoms with E-state index in [0.717, 1.165) is 6.04 Å². The lowest BCUT2D eigenvalue weighted by molar-refractivity contribution is 0.291. The third-order valence-corrected chi connectivity index (χ3v) is 4.44. The number of hydrogen-bond acceptors (Lipinski definition) is 3. The molecule has 0 amide bonds. The Bertz CT molecular complexity index is 421. The Morgan fingerprint density at radius 2 is 2.22 bits per heavy atom. The van der Waals surface area contributed by atoms with Gasteiger partial charge in [-0.25, -0.2) is 0 Å². The number of benzene rings is 1. The lowest BCUT2D eigenvalue weighted by atomic mass is 10.0. The predicted molar refractivity (Wildman–Crippen MR) is 72.7 cm³/mol. The van der Waals surface area contributed by atoms with Crippen LogP contribution in [-0.2, 0) is 0 Å². The number of rotatable bonds is 3. The van der Waals surface area contributed by atoms with E-state index in [1.54, 1.807) is 6.07 Å². The van der Waals surface area contributed by atoms with Gasteiger partial charge in [-0.2, -0.15) is 0 Å². The summed E-state index contributed by atoms with van der Waals surface area (Å²) in [7, 11) is 0. The highest BCUT2D eigenvalue weighted by Crippen LogP contribution is 2.29. The van der Waals surface area contributed by atoms with Crippen LogP contribution in [0.1, 0.15) is 37.8 Å². The number of phenolic OH excluding ortho intramolecular Hbond substituents is 1. The molecule has 0 saturated carbocycles. The summed E-state index contributed by atoms with van der Waals surface area (Å²) in [4.78, 5) is 2.62. The van der Waals surface area contributed by atoms with Crippen LogP contribution in [0.5, 0.6) is 5.75 Å². The second kappa shape index (κ2) is 4.90. The summed E-state index contributed by atoms with van der Waals surface area (Å²) in [5.41, 5.74) is 1.17. The van der Waals surface area contributed by atoms with Crippen molar-refractivity contribution in [1.82, 2.24) is 10.2 Å². The van der Waals surface area contributed by atoms with Gasteiger partial charge < -0.3 is 10.4 Å². The minimum absolute atomic E-state index is 0.308. The molecule has 0 radical (unpaired) electrons. The van der Waals surface area contributed by atoms with Crippen molar-refractivity contribution < 1.29 is 5.11 Å². The van der Waals surface area contributed by atoms with Crippen molar-refractivity contribution in [2.75, 3.05) is 13.1 Å². The summed E-state index contributed by atoms with van der Waals surface area (Å²) in [5.74, 6) is 0.357. The van der Waals surface area contributed by atoms with E-state index in [2.05, 4.69) is 23.2 Å². The van der Waals surface area contributed by atoms with Crippen molar-refractivity contribution in [1.29, 1.82) is 0 Å². The zero-order chi connectivity index (χ0) is 12.5. The summed E-state index contributed by atoms with van der Waals surface area (Å²) in [6.45, 7) is 4.71. The van der Waals surface area contributed by atoms with Crippen LogP contribution in [0.2, 0.25) is 0 Å². The summed E-state index contributed by atoms with van der Waals surface area (Å²) in [6.07, 6.45) is 3.95. The second-order valence-electron chi connectivity index (χ2n) is 5.62. The highest BCUT2D eigenvalue weighted by molar-refractivity contribution is 5.29. The minimum Gasteiger partial charge on any atom is -0.508 e. The Morgan fingerprint density at radius 1 is 1.33 bits per heavy atom. The maximum atomic E-state index is 9.54. The predicted octanol–water partition coefficient (Wildman–Crippen LogP) is 2.28. The maximum absolute atomic E-state index is 9.54. The lowest BCUT2D eigenvalue weighted by Crippen LogP contribution is -2.40. The summed E-state index contributed by atoms with van der Waals surface area (Å²) in [6, 6.07) is 9.25. The van der Waals surface area contributed by atoms with Gasteiger partial charge >= 0.3 is 0 Å². The van der Waals surface area contributed by atoms with Crippen LogP contribution in [0.15, 0.2) is 24.3 Å². The van der Waals surface area contributed by atoms with E-state index in [4.69, 9.17) is 0 Å². The molecule has 0 spiro atoms. The van der Waals surface area contributed by atoms with E-state index in [-0.39, 0.29) is 0 Å². The Kier molecular flexibility index (Phi) is 3.27. The lowest BCUT2D eigenvalue weighted by Gasteiger charge is -2.25. The van der Waals surface area contributed by atoms with Crippen LogP contribution < -0.4 is 5.32 Å². The van der Waals surface area contributed by atoms with Crippen molar-refractivity contribution in [3.63, 3.8) is 0 Å². The molecule has 3 nitrogen and oxygen atoms in total. The third kappa shape index (κ3) is 2.25. The Morgan fingerprint density at radius 3 is 3.06 bits per heavy atom. The summed E-state index contributed by atoms with van der Waals surface area (Å²) >= 11 is 0. The van der Waals surface area contributed by atoms with Crippen LogP contribution in [-0.4, -0.2) is 35.2 Å². The molecule has 18 heavy (non-hydrogen) atoms. The molecule has 2 saturated heterocycles. The molecule has 0 aromatic heterocycles. The molecule has 2 N–H and O–H groups in total. The fourth-order valence-electron chi connectivity index (χ4n) is 3.49. The Hall–Kier alpha value is -1.06.